The Morgan fingerprint density at radius 3 is 2.20 bits per heavy atom. The lowest BCUT2D eigenvalue weighted by Crippen LogP contribution is -2.62. The normalized spacial score (nSPS) is 47.9. The van der Waals surface area contributed by atoms with E-state index in [0.717, 1.165) is 71.1 Å². The van der Waals surface area contributed by atoms with Crippen LogP contribution in [0.2, 0.25) is 0 Å². The number of hydrogen-bond donors (Lipinski definition) is 6. The van der Waals surface area contributed by atoms with Gasteiger partial charge in [-0.1, -0.05) is 20.8 Å². The first kappa shape index (κ1) is 27.3. The number of aliphatic hydroxyl groups is 3. The van der Waals surface area contributed by atoms with E-state index in [2.05, 4.69) is 31.4 Å². The second kappa shape index (κ2) is 10.9. The summed E-state index contributed by atoms with van der Waals surface area (Å²) >= 11 is 0. The highest BCUT2D eigenvalue weighted by molar-refractivity contribution is 5.66. The van der Waals surface area contributed by atoms with Gasteiger partial charge in [0.1, 0.15) is 0 Å². The third kappa shape index (κ3) is 5.18. The van der Waals surface area contributed by atoms with Gasteiger partial charge in [0.05, 0.1) is 18.3 Å². The topological polar surface area (TPSA) is 122 Å². The molecule has 202 valence electrons. The van der Waals surface area contributed by atoms with E-state index in [9.17, 15) is 20.1 Å². The van der Waals surface area contributed by atoms with Crippen LogP contribution in [-0.2, 0) is 4.79 Å². The second-order valence-corrected chi connectivity index (χ2v) is 12.9. The van der Waals surface area contributed by atoms with Gasteiger partial charge in [-0.25, -0.2) is 0 Å². The standard InChI is InChI=1S/C24H40O5.C4H10N2/c1-13(4-7-21(28)29)16-5-6-17-22-18(12-20(27)24(16,17)3)23(2)9-8-15(25)10-14(23)11-19(22)26;1-2-6-4-3-5-1/h13-20,22,25-27H,4-12H2,1-3H3,(H,28,29);5-6H,1-4H2. The maximum atomic E-state index is 11.5. The quantitative estimate of drug-likeness (QED) is 0.355. The predicted molar refractivity (Wildman–Crippen MR) is 136 cm³/mol. The van der Waals surface area contributed by atoms with Crippen LogP contribution in [0.4, 0.5) is 0 Å². The minimum atomic E-state index is -0.748. The number of aliphatic carboxylic acids is 1. The molecule has 1 saturated heterocycles. The maximum Gasteiger partial charge on any atom is 0.303 e. The lowest BCUT2D eigenvalue weighted by molar-refractivity contribution is -0.207. The zero-order chi connectivity index (χ0) is 25.4. The van der Waals surface area contributed by atoms with Gasteiger partial charge in [0.15, 0.2) is 0 Å². The molecule has 1 aliphatic heterocycles. The van der Waals surface area contributed by atoms with Crippen LogP contribution in [0.5, 0.6) is 0 Å². The van der Waals surface area contributed by atoms with Crippen molar-refractivity contribution in [3.63, 3.8) is 0 Å². The summed E-state index contributed by atoms with van der Waals surface area (Å²) in [5, 5.41) is 48.5. The maximum absolute atomic E-state index is 11.5. The van der Waals surface area contributed by atoms with E-state index in [1.54, 1.807) is 0 Å². The molecule has 5 fully saturated rings. The third-order valence-electron chi connectivity index (χ3n) is 11.3. The van der Waals surface area contributed by atoms with E-state index in [0.29, 0.717) is 30.1 Å². The number of piperazine rings is 1. The third-order valence-corrected chi connectivity index (χ3v) is 11.3. The van der Waals surface area contributed by atoms with Crippen molar-refractivity contribution in [3.8, 4) is 0 Å². The first-order chi connectivity index (χ1) is 16.6. The van der Waals surface area contributed by atoms with Gasteiger partial charge in [0, 0.05) is 32.6 Å². The number of hydrogen-bond acceptors (Lipinski definition) is 6. The van der Waals surface area contributed by atoms with Crippen molar-refractivity contribution >= 4 is 5.97 Å². The Hall–Kier alpha value is -0.730. The molecular formula is C28H50N2O5. The number of carbonyl (C=O) groups is 1. The molecule has 0 spiro atoms. The molecule has 5 aliphatic rings. The fraction of sp³-hybridized carbons (Fsp3) is 0.964. The number of nitrogens with one attached hydrogen (secondary N) is 2. The smallest absolute Gasteiger partial charge is 0.303 e. The zero-order valence-electron chi connectivity index (χ0n) is 22.1. The molecule has 0 aromatic carbocycles. The number of rotatable bonds is 4. The van der Waals surface area contributed by atoms with Crippen molar-refractivity contribution < 1.29 is 25.2 Å². The van der Waals surface area contributed by atoms with Crippen LogP contribution in [0.3, 0.4) is 0 Å². The molecule has 0 amide bonds. The molecule has 0 aromatic heterocycles. The van der Waals surface area contributed by atoms with E-state index in [1.165, 1.54) is 0 Å². The molecule has 35 heavy (non-hydrogen) atoms. The van der Waals surface area contributed by atoms with Crippen LogP contribution in [-0.4, -0.2) is 70.9 Å². The summed E-state index contributed by atoms with van der Waals surface area (Å²) in [6, 6.07) is 0. The first-order valence-electron chi connectivity index (χ1n) is 14.3. The number of carboxylic acids is 1. The van der Waals surface area contributed by atoms with Gasteiger partial charge in [-0.2, -0.15) is 0 Å². The molecule has 11 atom stereocenters. The van der Waals surface area contributed by atoms with Crippen LogP contribution in [0.25, 0.3) is 0 Å². The SMILES string of the molecule is C1CNCCN1.CC(CCC(=O)O)C1CCC2C3C(O)CC4CC(O)CCC4(C)C3CC(O)C12C. The van der Waals surface area contributed by atoms with E-state index in [4.69, 9.17) is 5.11 Å². The molecule has 0 bridgehead atoms. The largest absolute Gasteiger partial charge is 0.481 e. The fourth-order valence-electron chi connectivity index (χ4n) is 9.29. The average molecular weight is 495 g/mol. The van der Waals surface area contributed by atoms with Gasteiger partial charge in [-0.3, -0.25) is 4.79 Å². The molecule has 5 rings (SSSR count). The van der Waals surface area contributed by atoms with Gasteiger partial charge in [-0.05, 0) is 97.7 Å². The highest BCUT2D eigenvalue weighted by Gasteiger charge is 2.65. The van der Waals surface area contributed by atoms with Crippen LogP contribution in [0.1, 0.15) is 78.6 Å². The number of aliphatic hydroxyl groups excluding tert-OH is 3. The van der Waals surface area contributed by atoms with Crippen molar-refractivity contribution in [3.05, 3.63) is 0 Å². The highest BCUT2D eigenvalue weighted by Crippen LogP contribution is 2.68. The minimum Gasteiger partial charge on any atom is -0.481 e. The first-order valence-corrected chi connectivity index (χ1v) is 14.3. The summed E-state index contributed by atoms with van der Waals surface area (Å²) in [6.07, 6.45) is 6.00. The molecule has 7 nitrogen and oxygen atoms in total. The number of carboxylic acid groups (broad SMARTS) is 1. The van der Waals surface area contributed by atoms with Gasteiger partial charge >= 0.3 is 5.97 Å². The minimum absolute atomic E-state index is 0.0957. The lowest BCUT2D eigenvalue weighted by Gasteiger charge is -2.63. The number of fused-ring (bicyclic) bond motifs is 5. The van der Waals surface area contributed by atoms with E-state index in [-0.39, 0.29) is 41.3 Å². The Morgan fingerprint density at radius 2 is 1.60 bits per heavy atom. The monoisotopic (exact) mass is 494 g/mol. The Kier molecular flexibility index (Phi) is 8.54. The van der Waals surface area contributed by atoms with Gasteiger partial charge < -0.3 is 31.1 Å². The molecule has 6 N–H and O–H groups in total. The molecule has 4 aliphatic carbocycles. The molecule has 11 unspecified atom stereocenters. The van der Waals surface area contributed by atoms with Crippen LogP contribution < -0.4 is 10.6 Å². The second-order valence-electron chi connectivity index (χ2n) is 12.9. The Morgan fingerprint density at radius 1 is 0.943 bits per heavy atom. The summed E-state index contributed by atoms with van der Waals surface area (Å²) in [7, 11) is 0. The molecular weight excluding hydrogens is 444 g/mol. The molecule has 0 aromatic rings. The summed E-state index contributed by atoms with van der Waals surface area (Å²) in [5.41, 5.74) is -0.143. The van der Waals surface area contributed by atoms with Gasteiger partial charge in [0.2, 0.25) is 0 Å². The zero-order valence-corrected chi connectivity index (χ0v) is 22.1. The molecule has 7 heteroatoms. The fourth-order valence-corrected chi connectivity index (χ4v) is 9.29. The summed E-state index contributed by atoms with van der Waals surface area (Å²) < 4.78 is 0. The van der Waals surface area contributed by atoms with Crippen LogP contribution in [0, 0.1) is 46.3 Å². The van der Waals surface area contributed by atoms with E-state index in [1.807, 2.05) is 0 Å². The Balaban J connectivity index is 0.000000421. The van der Waals surface area contributed by atoms with Crippen molar-refractivity contribution in [1.82, 2.24) is 10.6 Å². The Labute approximate surface area is 211 Å². The van der Waals surface area contributed by atoms with Gasteiger partial charge in [0.25, 0.3) is 0 Å². The predicted octanol–water partition coefficient (Wildman–Crippen LogP) is 2.63. The van der Waals surface area contributed by atoms with Crippen molar-refractivity contribution in [2.24, 2.45) is 46.3 Å². The van der Waals surface area contributed by atoms with Crippen LogP contribution in [0.15, 0.2) is 0 Å². The van der Waals surface area contributed by atoms with Crippen LogP contribution >= 0.6 is 0 Å². The van der Waals surface area contributed by atoms with E-state index < -0.39 is 12.1 Å². The lowest BCUT2D eigenvalue weighted by atomic mass is 9.43. The van der Waals surface area contributed by atoms with Gasteiger partial charge in [-0.15, -0.1) is 0 Å². The summed E-state index contributed by atoms with van der Waals surface area (Å²) in [6.45, 7) is 11.3. The van der Waals surface area contributed by atoms with Crippen molar-refractivity contribution in [2.75, 3.05) is 26.2 Å². The highest BCUT2D eigenvalue weighted by atomic mass is 16.4. The molecule has 4 saturated carbocycles. The molecule has 1 heterocycles. The average Bonchev–Trinajstić information content (AvgIpc) is 3.19. The summed E-state index contributed by atoms with van der Waals surface area (Å²) in [5.74, 6) is 0.997. The van der Waals surface area contributed by atoms with E-state index >= 15 is 0 Å². The molecule has 0 radical (unpaired) electrons. The van der Waals surface area contributed by atoms with Crippen molar-refractivity contribution in [2.45, 2.75) is 96.9 Å². The van der Waals surface area contributed by atoms with Crippen molar-refractivity contribution in [1.29, 1.82) is 0 Å². The Bertz CT molecular complexity index is 721. The summed E-state index contributed by atoms with van der Waals surface area (Å²) in [4.78, 5) is 11.1.